The predicted octanol–water partition coefficient (Wildman–Crippen LogP) is 3.05. The second-order valence-corrected chi connectivity index (χ2v) is 5.76. The largest absolute Gasteiger partial charge is 0.347 e. The number of aryl methyl sites for hydroxylation is 1. The minimum absolute atomic E-state index is 0.102. The Morgan fingerprint density at radius 1 is 1.33 bits per heavy atom. The van der Waals surface area contributed by atoms with Crippen molar-refractivity contribution in [2.24, 2.45) is 0 Å². The Labute approximate surface area is 124 Å². The first-order chi connectivity index (χ1) is 8.79. The van der Waals surface area contributed by atoms with E-state index in [0.717, 1.165) is 21.4 Å². The fourth-order valence-corrected chi connectivity index (χ4v) is 3.13. The van der Waals surface area contributed by atoms with Crippen LogP contribution in [0.25, 0.3) is 0 Å². The van der Waals surface area contributed by atoms with Gasteiger partial charge in [-0.1, -0.05) is 52.9 Å². The van der Waals surface area contributed by atoms with Gasteiger partial charge in [0.25, 0.3) is 5.91 Å². The van der Waals surface area contributed by atoms with Crippen LogP contribution in [-0.2, 0) is 13.0 Å². The number of carbonyl (C=O) groups excluding carboxylic acids is 1. The van der Waals surface area contributed by atoms with E-state index in [9.17, 15) is 4.79 Å². The predicted molar refractivity (Wildman–Crippen MR) is 82.3 cm³/mol. The van der Waals surface area contributed by atoms with E-state index in [0.29, 0.717) is 12.2 Å². The van der Waals surface area contributed by atoms with Gasteiger partial charge in [0, 0.05) is 22.8 Å². The van der Waals surface area contributed by atoms with E-state index in [4.69, 9.17) is 0 Å². The number of benzene rings is 1. The number of amides is 1. The SMILES string of the molecule is O=C(NCc1ccccc1)c1csc(CCI)n1. The maximum atomic E-state index is 11.9. The van der Waals surface area contributed by atoms with E-state index >= 15 is 0 Å². The molecule has 0 spiro atoms. The molecule has 5 heteroatoms. The minimum Gasteiger partial charge on any atom is -0.347 e. The Morgan fingerprint density at radius 3 is 2.83 bits per heavy atom. The van der Waals surface area contributed by atoms with Gasteiger partial charge in [-0.2, -0.15) is 0 Å². The van der Waals surface area contributed by atoms with Crippen LogP contribution in [0.4, 0.5) is 0 Å². The molecule has 1 amide bonds. The summed E-state index contributed by atoms with van der Waals surface area (Å²) < 4.78 is 1.02. The normalized spacial score (nSPS) is 10.3. The van der Waals surface area contributed by atoms with Gasteiger partial charge in [0.1, 0.15) is 5.69 Å². The van der Waals surface area contributed by atoms with Crippen LogP contribution >= 0.6 is 33.9 Å². The Kier molecular flexibility index (Phi) is 5.12. The molecule has 2 aromatic rings. The molecule has 1 heterocycles. The molecule has 0 saturated heterocycles. The Hall–Kier alpha value is -0.950. The number of halogens is 1. The zero-order valence-corrected chi connectivity index (χ0v) is 12.7. The molecule has 0 aliphatic heterocycles. The van der Waals surface area contributed by atoms with E-state index < -0.39 is 0 Å². The fraction of sp³-hybridized carbons (Fsp3) is 0.231. The molecular formula is C13H13IN2OS. The van der Waals surface area contributed by atoms with E-state index in [2.05, 4.69) is 32.9 Å². The van der Waals surface area contributed by atoms with Gasteiger partial charge in [0.05, 0.1) is 5.01 Å². The van der Waals surface area contributed by atoms with Crippen molar-refractivity contribution in [2.45, 2.75) is 13.0 Å². The lowest BCUT2D eigenvalue weighted by molar-refractivity contribution is 0.0946. The summed E-state index contributed by atoms with van der Waals surface area (Å²) in [6.45, 7) is 0.540. The number of hydrogen-bond acceptors (Lipinski definition) is 3. The second kappa shape index (κ2) is 6.84. The third kappa shape index (κ3) is 3.78. The van der Waals surface area contributed by atoms with E-state index in [1.807, 2.05) is 35.7 Å². The summed E-state index contributed by atoms with van der Waals surface area (Å²) in [5, 5.41) is 5.72. The van der Waals surface area contributed by atoms with Gasteiger partial charge >= 0.3 is 0 Å². The zero-order chi connectivity index (χ0) is 12.8. The molecule has 18 heavy (non-hydrogen) atoms. The van der Waals surface area contributed by atoms with E-state index in [-0.39, 0.29) is 5.91 Å². The Balaban J connectivity index is 1.91. The Morgan fingerprint density at radius 2 is 2.11 bits per heavy atom. The average Bonchev–Trinajstić information content (AvgIpc) is 2.86. The summed E-state index contributed by atoms with van der Waals surface area (Å²) in [7, 11) is 0. The lowest BCUT2D eigenvalue weighted by Gasteiger charge is -2.02. The molecule has 3 nitrogen and oxygen atoms in total. The van der Waals surface area contributed by atoms with Crippen LogP contribution in [0, 0.1) is 0 Å². The molecule has 0 aliphatic rings. The molecule has 0 bridgehead atoms. The Bertz CT molecular complexity index is 513. The summed E-state index contributed by atoms with van der Waals surface area (Å²) in [5.41, 5.74) is 1.62. The maximum absolute atomic E-state index is 11.9. The quantitative estimate of drug-likeness (QED) is 0.648. The summed E-state index contributed by atoms with van der Waals surface area (Å²) in [5.74, 6) is -0.102. The van der Waals surface area contributed by atoms with Crippen molar-refractivity contribution in [3.63, 3.8) is 0 Å². The van der Waals surface area contributed by atoms with Crippen LogP contribution in [0.15, 0.2) is 35.7 Å². The topological polar surface area (TPSA) is 42.0 Å². The number of hydrogen-bond donors (Lipinski definition) is 1. The minimum atomic E-state index is -0.102. The number of aromatic nitrogens is 1. The van der Waals surface area contributed by atoms with Crippen molar-refractivity contribution >= 4 is 39.8 Å². The van der Waals surface area contributed by atoms with Crippen molar-refractivity contribution in [1.29, 1.82) is 0 Å². The number of rotatable bonds is 5. The number of alkyl halides is 1. The monoisotopic (exact) mass is 372 g/mol. The van der Waals surface area contributed by atoms with Gasteiger partial charge in [-0.15, -0.1) is 11.3 Å². The number of nitrogens with zero attached hydrogens (tertiary/aromatic N) is 1. The first-order valence-corrected chi connectivity index (χ1v) is 8.02. The number of carbonyl (C=O) groups is 1. The highest BCUT2D eigenvalue weighted by Crippen LogP contribution is 2.11. The molecule has 0 aliphatic carbocycles. The highest BCUT2D eigenvalue weighted by Gasteiger charge is 2.09. The summed E-state index contributed by atoms with van der Waals surface area (Å²) in [4.78, 5) is 16.2. The maximum Gasteiger partial charge on any atom is 0.271 e. The average molecular weight is 372 g/mol. The standard InChI is InChI=1S/C13H13IN2OS/c14-7-6-12-16-11(9-18-12)13(17)15-8-10-4-2-1-3-5-10/h1-5,9H,6-8H2,(H,15,17). The third-order valence-corrected chi connectivity index (χ3v) is 3.84. The van der Waals surface area contributed by atoms with Gasteiger partial charge in [0.15, 0.2) is 0 Å². The van der Waals surface area contributed by atoms with Crippen LogP contribution in [0.3, 0.4) is 0 Å². The highest BCUT2D eigenvalue weighted by molar-refractivity contribution is 14.1. The van der Waals surface area contributed by atoms with Crippen LogP contribution in [0.2, 0.25) is 0 Å². The molecule has 0 saturated carbocycles. The van der Waals surface area contributed by atoms with Gasteiger partial charge in [0.2, 0.25) is 0 Å². The molecule has 1 aromatic heterocycles. The van der Waals surface area contributed by atoms with E-state index in [1.54, 1.807) is 11.3 Å². The van der Waals surface area contributed by atoms with Crippen LogP contribution in [-0.4, -0.2) is 15.3 Å². The molecular weight excluding hydrogens is 359 g/mol. The molecule has 1 aromatic carbocycles. The first kappa shape index (κ1) is 13.5. The molecule has 2 rings (SSSR count). The van der Waals surface area contributed by atoms with Crippen LogP contribution in [0.5, 0.6) is 0 Å². The van der Waals surface area contributed by atoms with Crippen molar-refractivity contribution in [3.05, 3.63) is 52.0 Å². The summed E-state index contributed by atoms with van der Waals surface area (Å²) in [6, 6.07) is 9.86. The van der Waals surface area contributed by atoms with Crippen molar-refractivity contribution in [3.8, 4) is 0 Å². The van der Waals surface area contributed by atoms with Crippen LogP contribution < -0.4 is 5.32 Å². The van der Waals surface area contributed by atoms with Gasteiger partial charge in [-0.3, -0.25) is 4.79 Å². The van der Waals surface area contributed by atoms with Gasteiger partial charge < -0.3 is 5.32 Å². The smallest absolute Gasteiger partial charge is 0.271 e. The molecule has 94 valence electrons. The number of nitrogens with one attached hydrogen (secondary N) is 1. The van der Waals surface area contributed by atoms with Crippen molar-refractivity contribution in [1.82, 2.24) is 10.3 Å². The first-order valence-electron chi connectivity index (χ1n) is 5.62. The van der Waals surface area contributed by atoms with Crippen LogP contribution in [0.1, 0.15) is 21.1 Å². The van der Waals surface area contributed by atoms with Gasteiger partial charge in [-0.25, -0.2) is 4.98 Å². The molecule has 1 N–H and O–H groups in total. The lowest BCUT2D eigenvalue weighted by atomic mass is 10.2. The summed E-state index contributed by atoms with van der Waals surface area (Å²) in [6.07, 6.45) is 0.928. The third-order valence-electron chi connectivity index (χ3n) is 2.39. The lowest BCUT2D eigenvalue weighted by Crippen LogP contribution is -2.23. The van der Waals surface area contributed by atoms with Crippen molar-refractivity contribution < 1.29 is 4.79 Å². The molecule has 0 fully saturated rings. The van der Waals surface area contributed by atoms with Crippen molar-refractivity contribution in [2.75, 3.05) is 4.43 Å². The zero-order valence-electron chi connectivity index (χ0n) is 9.73. The summed E-state index contributed by atoms with van der Waals surface area (Å²) >= 11 is 3.86. The van der Waals surface area contributed by atoms with Gasteiger partial charge in [-0.05, 0) is 5.56 Å². The molecule has 0 unspecified atom stereocenters. The molecule has 0 atom stereocenters. The molecule has 0 radical (unpaired) electrons. The fourth-order valence-electron chi connectivity index (χ4n) is 1.48. The van der Waals surface area contributed by atoms with E-state index in [1.165, 1.54) is 0 Å². The number of thiazole rings is 1. The highest BCUT2D eigenvalue weighted by atomic mass is 127. The second-order valence-electron chi connectivity index (χ2n) is 3.73.